The van der Waals surface area contributed by atoms with Crippen molar-refractivity contribution in [1.29, 1.82) is 0 Å². The van der Waals surface area contributed by atoms with Crippen LogP contribution in [-0.2, 0) is 7.05 Å². The van der Waals surface area contributed by atoms with Crippen molar-refractivity contribution >= 4 is 5.91 Å². The van der Waals surface area contributed by atoms with Gasteiger partial charge in [0.2, 0.25) is 5.88 Å². The van der Waals surface area contributed by atoms with Crippen molar-refractivity contribution in [3.63, 3.8) is 0 Å². The Bertz CT molecular complexity index is 1060. The molecule has 4 rings (SSSR count). The highest BCUT2D eigenvalue weighted by Gasteiger charge is 2.31. The number of benzene rings is 1. The number of aromatic nitrogens is 4. The molecular weight excluding hydrogens is 366 g/mol. The van der Waals surface area contributed by atoms with Crippen LogP contribution in [0.1, 0.15) is 45.5 Å². The van der Waals surface area contributed by atoms with Crippen LogP contribution in [0.3, 0.4) is 0 Å². The number of rotatable bonds is 4. The van der Waals surface area contributed by atoms with Crippen LogP contribution in [-0.4, -0.2) is 43.6 Å². The molecule has 1 aliphatic rings. The van der Waals surface area contributed by atoms with Crippen molar-refractivity contribution in [2.24, 2.45) is 7.05 Å². The van der Waals surface area contributed by atoms with Crippen molar-refractivity contribution < 1.29 is 9.53 Å². The van der Waals surface area contributed by atoms with E-state index in [1.165, 1.54) is 0 Å². The van der Waals surface area contributed by atoms with Gasteiger partial charge in [0.15, 0.2) is 0 Å². The number of carbonyl (C=O) groups is 1. The van der Waals surface area contributed by atoms with Crippen LogP contribution in [0.4, 0.5) is 0 Å². The zero-order valence-electron chi connectivity index (χ0n) is 17.2. The molecule has 7 heteroatoms. The van der Waals surface area contributed by atoms with Crippen LogP contribution in [0.25, 0.3) is 0 Å². The highest BCUT2D eigenvalue weighted by Crippen LogP contribution is 2.29. The Balaban J connectivity index is 1.52. The van der Waals surface area contributed by atoms with Gasteiger partial charge in [0, 0.05) is 43.5 Å². The van der Waals surface area contributed by atoms with Crippen LogP contribution < -0.4 is 4.74 Å². The summed E-state index contributed by atoms with van der Waals surface area (Å²) in [6, 6.07) is 9.70. The molecule has 2 aromatic heterocycles. The second-order valence-corrected chi connectivity index (χ2v) is 7.58. The Morgan fingerprint density at radius 2 is 1.97 bits per heavy atom. The number of hydrogen-bond acceptors (Lipinski definition) is 5. The monoisotopic (exact) mass is 391 g/mol. The molecule has 0 N–H and O–H groups in total. The summed E-state index contributed by atoms with van der Waals surface area (Å²) >= 11 is 0. The van der Waals surface area contributed by atoms with E-state index < -0.39 is 0 Å². The van der Waals surface area contributed by atoms with E-state index in [9.17, 15) is 4.79 Å². The molecular formula is C22H25N5O2. The van der Waals surface area contributed by atoms with Gasteiger partial charge in [-0.05, 0) is 38.8 Å². The maximum Gasteiger partial charge on any atom is 0.257 e. The second kappa shape index (κ2) is 7.66. The minimum absolute atomic E-state index is 0.0159. The van der Waals surface area contributed by atoms with Gasteiger partial charge in [-0.25, -0.2) is 4.98 Å². The van der Waals surface area contributed by atoms with E-state index in [1.807, 2.05) is 63.1 Å². The molecule has 150 valence electrons. The molecule has 1 amide bonds. The number of para-hydroxylation sites is 1. The first-order valence-electron chi connectivity index (χ1n) is 9.79. The third-order valence-electron chi connectivity index (χ3n) is 5.46. The summed E-state index contributed by atoms with van der Waals surface area (Å²) < 4.78 is 7.73. The first kappa shape index (κ1) is 19.1. The summed E-state index contributed by atoms with van der Waals surface area (Å²) in [5.74, 6) is 2.16. The molecule has 0 aliphatic carbocycles. The molecule has 0 saturated carbocycles. The van der Waals surface area contributed by atoms with Gasteiger partial charge in [-0.1, -0.05) is 18.2 Å². The summed E-state index contributed by atoms with van der Waals surface area (Å²) in [7, 11) is 1.84. The standard InChI is InChI=1S/C22H25N5O2/c1-14-7-5-6-8-19(14)29-20-11-15(2)24-21(25-20)17-9-10-27(13-17)22(28)18-12-23-26(4)16(18)3/h5-8,11-12,17H,9-10,13H2,1-4H3. The summed E-state index contributed by atoms with van der Waals surface area (Å²) in [6.45, 7) is 7.13. The largest absolute Gasteiger partial charge is 0.439 e. The number of ether oxygens (including phenoxy) is 1. The minimum atomic E-state index is 0.0159. The molecule has 0 bridgehead atoms. The molecule has 29 heavy (non-hydrogen) atoms. The zero-order valence-corrected chi connectivity index (χ0v) is 17.2. The lowest BCUT2D eigenvalue weighted by atomic mass is 10.1. The Labute approximate surface area is 170 Å². The van der Waals surface area contributed by atoms with E-state index in [4.69, 9.17) is 4.74 Å². The predicted octanol–water partition coefficient (Wildman–Crippen LogP) is 3.56. The third-order valence-corrected chi connectivity index (χ3v) is 5.46. The van der Waals surface area contributed by atoms with E-state index in [0.717, 1.165) is 34.9 Å². The first-order valence-corrected chi connectivity index (χ1v) is 9.79. The number of aryl methyl sites for hydroxylation is 3. The molecule has 1 aromatic carbocycles. The van der Waals surface area contributed by atoms with Gasteiger partial charge >= 0.3 is 0 Å². The zero-order chi connectivity index (χ0) is 20.5. The summed E-state index contributed by atoms with van der Waals surface area (Å²) in [5, 5.41) is 4.18. The smallest absolute Gasteiger partial charge is 0.257 e. The van der Waals surface area contributed by atoms with Gasteiger partial charge in [0.1, 0.15) is 11.6 Å². The number of carbonyl (C=O) groups excluding carboxylic acids is 1. The van der Waals surface area contributed by atoms with Crippen molar-refractivity contribution in [3.8, 4) is 11.6 Å². The van der Waals surface area contributed by atoms with E-state index in [2.05, 4.69) is 15.1 Å². The van der Waals surface area contributed by atoms with E-state index in [0.29, 0.717) is 24.5 Å². The minimum Gasteiger partial charge on any atom is -0.439 e. The Morgan fingerprint density at radius 3 is 2.69 bits per heavy atom. The van der Waals surface area contributed by atoms with Gasteiger partial charge in [-0.2, -0.15) is 10.1 Å². The SMILES string of the molecule is Cc1cc(Oc2ccccc2C)nc(C2CCN(C(=O)c3cnn(C)c3C)C2)n1. The molecule has 1 fully saturated rings. The Morgan fingerprint density at radius 1 is 1.17 bits per heavy atom. The van der Waals surface area contributed by atoms with Crippen molar-refractivity contribution in [2.45, 2.75) is 33.1 Å². The molecule has 1 atom stereocenters. The van der Waals surface area contributed by atoms with Crippen molar-refractivity contribution in [3.05, 3.63) is 64.9 Å². The van der Waals surface area contributed by atoms with Gasteiger partial charge < -0.3 is 9.64 Å². The average Bonchev–Trinajstić information content (AvgIpc) is 3.31. The lowest BCUT2D eigenvalue weighted by molar-refractivity contribution is 0.0789. The van der Waals surface area contributed by atoms with Gasteiger partial charge in [0.25, 0.3) is 5.91 Å². The highest BCUT2D eigenvalue weighted by molar-refractivity contribution is 5.95. The molecule has 1 aliphatic heterocycles. The van der Waals surface area contributed by atoms with Crippen LogP contribution in [0.15, 0.2) is 36.5 Å². The molecule has 1 saturated heterocycles. The summed E-state index contributed by atoms with van der Waals surface area (Å²) in [6.07, 6.45) is 2.47. The fourth-order valence-electron chi connectivity index (χ4n) is 3.61. The van der Waals surface area contributed by atoms with Crippen LogP contribution in [0.2, 0.25) is 0 Å². The summed E-state index contributed by atoms with van der Waals surface area (Å²) in [5.41, 5.74) is 3.43. The quantitative estimate of drug-likeness (QED) is 0.680. The number of likely N-dealkylation sites (tertiary alicyclic amines) is 1. The predicted molar refractivity (Wildman–Crippen MR) is 109 cm³/mol. The maximum atomic E-state index is 12.9. The second-order valence-electron chi connectivity index (χ2n) is 7.58. The topological polar surface area (TPSA) is 73.1 Å². The Hall–Kier alpha value is -3.22. The first-order chi connectivity index (χ1) is 13.9. The van der Waals surface area contributed by atoms with Gasteiger partial charge in [0.05, 0.1) is 11.8 Å². The van der Waals surface area contributed by atoms with Gasteiger partial charge in [-0.3, -0.25) is 9.48 Å². The van der Waals surface area contributed by atoms with Crippen LogP contribution >= 0.6 is 0 Å². The fraction of sp³-hybridized carbons (Fsp3) is 0.364. The third kappa shape index (κ3) is 3.85. The maximum absolute atomic E-state index is 12.9. The lowest BCUT2D eigenvalue weighted by Crippen LogP contribution is -2.29. The molecule has 3 heterocycles. The van der Waals surface area contributed by atoms with Crippen molar-refractivity contribution in [1.82, 2.24) is 24.6 Å². The molecule has 0 spiro atoms. The fourth-order valence-corrected chi connectivity index (χ4v) is 3.61. The van der Waals surface area contributed by atoms with E-state index >= 15 is 0 Å². The van der Waals surface area contributed by atoms with Gasteiger partial charge in [-0.15, -0.1) is 0 Å². The number of nitrogens with zero attached hydrogens (tertiary/aromatic N) is 5. The summed E-state index contributed by atoms with van der Waals surface area (Å²) in [4.78, 5) is 24.0. The molecule has 7 nitrogen and oxygen atoms in total. The lowest BCUT2D eigenvalue weighted by Gasteiger charge is -2.16. The number of hydrogen-bond donors (Lipinski definition) is 0. The molecule has 0 radical (unpaired) electrons. The molecule has 1 unspecified atom stereocenters. The highest BCUT2D eigenvalue weighted by atomic mass is 16.5. The molecule has 3 aromatic rings. The van der Waals surface area contributed by atoms with E-state index in [-0.39, 0.29) is 11.8 Å². The van der Waals surface area contributed by atoms with Crippen molar-refractivity contribution in [2.75, 3.05) is 13.1 Å². The normalized spacial score (nSPS) is 16.3. The average molecular weight is 391 g/mol. The van der Waals surface area contributed by atoms with Crippen LogP contribution in [0, 0.1) is 20.8 Å². The van der Waals surface area contributed by atoms with Crippen LogP contribution in [0.5, 0.6) is 11.6 Å². The van der Waals surface area contributed by atoms with E-state index in [1.54, 1.807) is 10.9 Å². The number of amides is 1. The Kier molecular flexibility index (Phi) is 5.05.